The zero-order valence-corrected chi connectivity index (χ0v) is 11.2. The van der Waals surface area contributed by atoms with Crippen LogP contribution in [0.4, 0.5) is 5.13 Å². The first-order chi connectivity index (χ1) is 9.74. The highest BCUT2D eigenvalue weighted by molar-refractivity contribution is 7.13. The average Bonchev–Trinajstić information content (AvgIpc) is 3.09. The summed E-state index contributed by atoms with van der Waals surface area (Å²) in [6, 6.07) is 9.40. The molecule has 0 radical (unpaired) electrons. The van der Waals surface area contributed by atoms with Gasteiger partial charge in [-0.05, 0) is 12.1 Å². The van der Waals surface area contributed by atoms with E-state index in [9.17, 15) is 4.79 Å². The summed E-state index contributed by atoms with van der Waals surface area (Å²) in [4.78, 5) is 16.4. The molecule has 0 spiro atoms. The molecule has 0 unspecified atom stereocenters. The quantitative estimate of drug-likeness (QED) is 0.738. The lowest BCUT2D eigenvalue weighted by Crippen LogP contribution is -2.11. The van der Waals surface area contributed by atoms with Gasteiger partial charge >= 0.3 is 0 Å². The highest BCUT2D eigenvalue weighted by atomic mass is 32.1. The van der Waals surface area contributed by atoms with Crippen LogP contribution in [0.15, 0.2) is 41.9 Å². The zero-order valence-electron chi connectivity index (χ0n) is 10.4. The summed E-state index contributed by atoms with van der Waals surface area (Å²) in [5.74, 6) is -0.0934. The summed E-state index contributed by atoms with van der Waals surface area (Å²) in [6.45, 7) is 0. The number of benzene rings is 1. The molecule has 1 aromatic carbocycles. The van der Waals surface area contributed by atoms with Crippen LogP contribution in [0.25, 0.3) is 5.69 Å². The normalized spacial score (nSPS) is 10.6. The van der Waals surface area contributed by atoms with Crippen molar-refractivity contribution in [3.8, 4) is 5.69 Å². The van der Waals surface area contributed by atoms with Crippen molar-refractivity contribution in [2.45, 2.75) is 6.42 Å². The van der Waals surface area contributed by atoms with Gasteiger partial charge in [-0.2, -0.15) is 0 Å². The van der Waals surface area contributed by atoms with E-state index >= 15 is 0 Å². The summed E-state index contributed by atoms with van der Waals surface area (Å²) in [5.41, 5.74) is 7.46. The van der Waals surface area contributed by atoms with Gasteiger partial charge in [-0.25, -0.2) is 9.67 Å². The Morgan fingerprint density at radius 2 is 2.10 bits per heavy atom. The lowest BCUT2D eigenvalue weighted by molar-refractivity contribution is 0.0984. The van der Waals surface area contributed by atoms with Crippen molar-refractivity contribution in [2.75, 3.05) is 5.73 Å². The van der Waals surface area contributed by atoms with Crippen LogP contribution in [0.1, 0.15) is 16.2 Å². The fourth-order valence-electron chi connectivity index (χ4n) is 1.84. The van der Waals surface area contributed by atoms with Crippen LogP contribution in [0, 0.1) is 0 Å². The Hall–Kier alpha value is -2.54. The van der Waals surface area contributed by atoms with E-state index in [4.69, 9.17) is 5.73 Å². The zero-order chi connectivity index (χ0) is 13.9. The second-order valence-corrected chi connectivity index (χ2v) is 5.03. The number of nitrogens with two attached hydrogens (primary N) is 1. The van der Waals surface area contributed by atoms with Gasteiger partial charge in [-0.3, -0.25) is 4.79 Å². The first kappa shape index (κ1) is 12.5. The lowest BCUT2D eigenvalue weighted by Gasteiger charge is -2.04. The molecule has 2 N–H and O–H groups in total. The molecule has 100 valence electrons. The molecule has 0 saturated carbocycles. The van der Waals surface area contributed by atoms with E-state index in [0.29, 0.717) is 16.5 Å². The number of nitrogens with zero attached hydrogens (tertiary/aromatic N) is 4. The molecule has 0 aliphatic heterocycles. The first-order valence-electron chi connectivity index (χ1n) is 5.93. The van der Waals surface area contributed by atoms with Gasteiger partial charge in [0.1, 0.15) is 5.69 Å². The van der Waals surface area contributed by atoms with Gasteiger partial charge in [0.25, 0.3) is 0 Å². The Balaban J connectivity index is 1.88. The second kappa shape index (κ2) is 5.22. The molecule has 3 rings (SSSR count). The van der Waals surface area contributed by atoms with E-state index in [1.54, 1.807) is 5.38 Å². The van der Waals surface area contributed by atoms with Crippen molar-refractivity contribution in [1.29, 1.82) is 0 Å². The summed E-state index contributed by atoms with van der Waals surface area (Å²) < 4.78 is 1.53. The van der Waals surface area contributed by atoms with Crippen LogP contribution in [0.2, 0.25) is 0 Å². The molecule has 0 bridgehead atoms. The molecule has 2 aromatic heterocycles. The van der Waals surface area contributed by atoms with E-state index in [0.717, 1.165) is 5.69 Å². The Morgan fingerprint density at radius 1 is 1.30 bits per heavy atom. The number of thiazole rings is 1. The minimum atomic E-state index is -0.0934. The van der Waals surface area contributed by atoms with Crippen molar-refractivity contribution in [2.24, 2.45) is 0 Å². The minimum Gasteiger partial charge on any atom is -0.375 e. The summed E-state index contributed by atoms with van der Waals surface area (Å²) >= 11 is 1.32. The molecule has 0 amide bonds. The van der Waals surface area contributed by atoms with Gasteiger partial charge in [0.05, 0.1) is 24.0 Å². The molecule has 0 fully saturated rings. The minimum absolute atomic E-state index is 0.0934. The smallest absolute Gasteiger partial charge is 0.188 e. The number of ketones is 1. The van der Waals surface area contributed by atoms with E-state index in [1.165, 1.54) is 22.2 Å². The van der Waals surface area contributed by atoms with E-state index in [1.807, 2.05) is 30.3 Å². The van der Waals surface area contributed by atoms with Crippen molar-refractivity contribution in [3.05, 3.63) is 53.3 Å². The molecule has 0 aliphatic carbocycles. The first-order valence-corrected chi connectivity index (χ1v) is 6.81. The summed E-state index contributed by atoms with van der Waals surface area (Å²) in [7, 11) is 0. The average molecular weight is 285 g/mol. The number of nitrogen functional groups attached to an aromatic ring is 1. The molecular weight excluding hydrogens is 274 g/mol. The predicted molar refractivity (Wildman–Crippen MR) is 75.9 cm³/mol. The molecule has 2 heterocycles. The summed E-state index contributed by atoms with van der Waals surface area (Å²) in [6.07, 6.45) is 1.65. The van der Waals surface area contributed by atoms with Gasteiger partial charge < -0.3 is 5.73 Å². The third-order valence-electron chi connectivity index (χ3n) is 2.75. The number of rotatable bonds is 4. The van der Waals surface area contributed by atoms with Crippen LogP contribution in [0.3, 0.4) is 0 Å². The van der Waals surface area contributed by atoms with Crippen LogP contribution in [-0.4, -0.2) is 25.8 Å². The van der Waals surface area contributed by atoms with Gasteiger partial charge in [0.15, 0.2) is 10.9 Å². The molecule has 0 aliphatic rings. The molecule has 20 heavy (non-hydrogen) atoms. The largest absolute Gasteiger partial charge is 0.375 e. The number of para-hydroxylation sites is 1. The van der Waals surface area contributed by atoms with Crippen LogP contribution in [-0.2, 0) is 6.42 Å². The Kier molecular flexibility index (Phi) is 3.26. The van der Waals surface area contributed by atoms with Gasteiger partial charge in [0.2, 0.25) is 0 Å². The molecule has 7 heteroatoms. The third-order valence-corrected chi connectivity index (χ3v) is 3.47. The topological polar surface area (TPSA) is 86.7 Å². The van der Waals surface area contributed by atoms with E-state index in [-0.39, 0.29) is 12.2 Å². The Morgan fingerprint density at radius 3 is 2.80 bits per heavy atom. The number of hydrogen-bond donors (Lipinski definition) is 1. The van der Waals surface area contributed by atoms with Crippen molar-refractivity contribution in [1.82, 2.24) is 20.0 Å². The predicted octanol–water partition coefficient (Wildman–Crippen LogP) is 1.73. The lowest BCUT2D eigenvalue weighted by atomic mass is 10.2. The molecular formula is C13H11N5OS. The van der Waals surface area contributed by atoms with Crippen molar-refractivity contribution >= 4 is 22.3 Å². The van der Waals surface area contributed by atoms with Crippen molar-refractivity contribution in [3.63, 3.8) is 0 Å². The second-order valence-electron chi connectivity index (χ2n) is 4.14. The monoisotopic (exact) mass is 285 g/mol. The van der Waals surface area contributed by atoms with Crippen LogP contribution >= 0.6 is 11.3 Å². The maximum Gasteiger partial charge on any atom is 0.188 e. The van der Waals surface area contributed by atoms with Gasteiger partial charge in [0, 0.05) is 5.38 Å². The fraction of sp³-hybridized carbons (Fsp3) is 0.0769. The molecule has 0 atom stereocenters. The third kappa shape index (κ3) is 2.43. The fourth-order valence-corrected chi connectivity index (χ4v) is 2.41. The van der Waals surface area contributed by atoms with Crippen LogP contribution in [0.5, 0.6) is 0 Å². The number of aromatic nitrogens is 4. The van der Waals surface area contributed by atoms with E-state index in [2.05, 4.69) is 15.3 Å². The van der Waals surface area contributed by atoms with Crippen molar-refractivity contribution < 1.29 is 4.79 Å². The summed E-state index contributed by atoms with van der Waals surface area (Å²) in [5, 5.41) is 10.0. The highest BCUT2D eigenvalue weighted by Gasteiger charge is 2.16. The maximum atomic E-state index is 12.3. The SMILES string of the molecule is Nc1nc(CC(=O)c2cnnn2-c2ccccc2)cs1. The molecule has 0 saturated heterocycles. The Bertz CT molecular complexity index is 734. The number of carbonyl (C=O) groups excluding carboxylic acids is 1. The number of hydrogen-bond acceptors (Lipinski definition) is 6. The van der Waals surface area contributed by atoms with Gasteiger partial charge in [-0.15, -0.1) is 16.4 Å². The number of anilines is 1. The molecule has 3 aromatic rings. The maximum absolute atomic E-state index is 12.3. The van der Waals surface area contributed by atoms with E-state index < -0.39 is 0 Å². The number of Topliss-reactive ketones (excluding diaryl/α,β-unsaturated/α-hetero) is 1. The highest BCUT2D eigenvalue weighted by Crippen LogP contribution is 2.15. The van der Waals surface area contributed by atoms with Crippen LogP contribution < -0.4 is 5.73 Å². The Labute approximate surface area is 118 Å². The van der Waals surface area contributed by atoms with Gasteiger partial charge in [-0.1, -0.05) is 23.4 Å². The standard InChI is InChI=1S/C13H11N5OS/c14-13-16-9(8-20-13)6-12(19)11-7-15-17-18(11)10-4-2-1-3-5-10/h1-5,7-8H,6H2,(H2,14,16). The number of carbonyl (C=O) groups is 1. The molecule has 6 nitrogen and oxygen atoms in total.